The molecule has 0 spiro atoms. The fourth-order valence-electron chi connectivity index (χ4n) is 2.08. The molecule has 0 saturated carbocycles. The van der Waals surface area contributed by atoms with Gasteiger partial charge in [-0.05, 0) is 43.3 Å². The van der Waals surface area contributed by atoms with E-state index < -0.39 is 6.04 Å². The fraction of sp³-hybridized carbons (Fsp3) is 0.125. The van der Waals surface area contributed by atoms with Crippen LogP contribution in [0.2, 0.25) is 5.02 Å². The first-order valence-corrected chi connectivity index (χ1v) is 7.13. The van der Waals surface area contributed by atoms with Gasteiger partial charge in [0.05, 0.1) is 17.1 Å². The van der Waals surface area contributed by atoms with Gasteiger partial charge in [-0.3, -0.25) is 4.79 Å². The lowest BCUT2D eigenvalue weighted by atomic mass is 10.2. The van der Waals surface area contributed by atoms with Crippen LogP contribution in [0.4, 0.5) is 11.4 Å². The molecule has 22 heavy (non-hydrogen) atoms. The number of carbonyl (C=O) groups excluding carboxylic acids is 1. The summed E-state index contributed by atoms with van der Waals surface area (Å²) in [5.41, 5.74) is 1.98. The summed E-state index contributed by atoms with van der Waals surface area (Å²) in [4.78, 5) is 12.4. The Morgan fingerprint density at radius 3 is 2.45 bits per heavy atom. The highest BCUT2D eigenvalue weighted by atomic mass is 35.5. The third-order valence-corrected chi connectivity index (χ3v) is 3.46. The zero-order valence-corrected chi connectivity index (χ0v) is 12.6. The number of hydrogen-bond donors (Lipinski definition) is 0. The van der Waals surface area contributed by atoms with Crippen molar-refractivity contribution < 1.29 is 4.79 Å². The van der Waals surface area contributed by atoms with E-state index in [1.54, 1.807) is 31.2 Å². The number of carbonyl (C=O) groups is 1. The standard InChI is InChI=1S/C16H13ClN4O/c1-11-15(19-18-13-9-7-12(17)8-10-13)16(22)21(20-11)14-5-3-2-4-6-14/h2-10,15H,1H3/t15-/m1/s1. The minimum absolute atomic E-state index is 0.207. The summed E-state index contributed by atoms with van der Waals surface area (Å²) in [6, 6.07) is 15.5. The van der Waals surface area contributed by atoms with Gasteiger partial charge in [0.1, 0.15) is 0 Å². The molecule has 0 unspecified atom stereocenters. The zero-order valence-electron chi connectivity index (χ0n) is 11.8. The Bertz CT molecular complexity index is 741. The average Bonchev–Trinajstić information content (AvgIpc) is 2.82. The monoisotopic (exact) mass is 312 g/mol. The van der Waals surface area contributed by atoms with E-state index >= 15 is 0 Å². The van der Waals surface area contributed by atoms with E-state index in [1.165, 1.54) is 5.01 Å². The summed E-state index contributed by atoms with van der Waals surface area (Å²) in [5.74, 6) is -0.207. The van der Waals surface area contributed by atoms with Crippen molar-refractivity contribution in [3.05, 3.63) is 59.6 Å². The molecule has 0 N–H and O–H groups in total. The van der Waals surface area contributed by atoms with Crippen molar-refractivity contribution >= 4 is 34.6 Å². The highest BCUT2D eigenvalue weighted by Crippen LogP contribution is 2.23. The second kappa shape index (κ2) is 6.07. The first-order chi connectivity index (χ1) is 10.6. The molecule has 1 aliphatic rings. The molecule has 0 fully saturated rings. The topological polar surface area (TPSA) is 57.4 Å². The van der Waals surface area contributed by atoms with Crippen molar-refractivity contribution in [2.75, 3.05) is 5.01 Å². The SMILES string of the molecule is CC1=NN(c2ccccc2)C(=O)[C@@H]1N=Nc1ccc(Cl)cc1. The molecule has 0 aromatic heterocycles. The van der Waals surface area contributed by atoms with Crippen molar-refractivity contribution in [3.8, 4) is 0 Å². The Morgan fingerprint density at radius 2 is 1.77 bits per heavy atom. The predicted octanol–water partition coefficient (Wildman–Crippen LogP) is 4.22. The molecule has 5 nitrogen and oxygen atoms in total. The third kappa shape index (κ3) is 2.89. The van der Waals surface area contributed by atoms with Crippen LogP contribution in [0.1, 0.15) is 6.92 Å². The molecule has 0 bridgehead atoms. The maximum Gasteiger partial charge on any atom is 0.280 e. The van der Waals surface area contributed by atoms with Crippen molar-refractivity contribution in [1.82, 2.24) is 0 Å². The van der Waals surface area contributed by atoms with Crippen molar-refractivity contribution in [2.45, 2.75) is 13.0 Å². The fourth-order valence-corrected chi connectivity index (χ4v) is 2.20. The largest absolute Gasteiger partial charge is 0.280 e. The number of rotatable bonds is 3. The number of amides is 1. The number of hydrogen-bond acceptors (Lipinski definition) is 4. The number of hydrazone groups is 1. The summed E-state index contributed by atoms with van der Waals surface area (Å²) in [5, 5.41) is 14.5. The van der Waals surface area contributed by atoms with Crippen LogP contribution >= 0.6 is 11.6 Å². The maximum absolute atomic E-state index is 12.4. The van der Waals surface area contributed by atoms with E-state index in [-0.39, 0.29) is 5.91 Å². The number of nitrogens with zero attached hydrogens (tertiary/aromatic N) is 4. The minimum Gasteiger partial charge on any atom is -0.269 e. The summed E-state index contributed by atoms with van der Waals surface area (Å²) in [7, 11) is 0. The van der Waals surface area contributed by atoms with Gasteiger partial charge >= 0.3 is 0 Å². The number of anilines is 1. The van der Waals surface area contributed by atoms with Crippen LogP contribution < -0.4 is 5.01 Å². The molecule has 110 valence electrons. The number of halogens is 1. The quantitative estimate of drug-likeness (QED) is 0.783. The van der Waals surface area contributed by atoms with E-state index in [4.69, 9.17) is 11.6 Å². The van der Waals surface area contributed by atoms with Gasteiger partial charge in [0.25, 0.3) is 5.91 Å². The summed E-state index contributed by atoms with van der Waals surface area (Å²) < 4.78 is 0. The van der Waals surface area contributed by atoms with Gasteiger partial charge in [0.15, 0.2) is 6.04 Å². The van der Waals surface area contributed by atoms with Crippen LogP contribution in [-0.4, -0.2) is 17.7 Å². The van der Waals surface area contributed by atoms with Crippen molar-refractivity contribution in [1.29, 1.82) is 0 Å². The second-order valence-corrected chi connectivity index (χ2v) is 5.26. The molecule has 1 aliphatic heterocycles. The Balaban J connectivity index is 1.80. The molecular weight excluding hydrogens is 300 g/mol. The lowest BCUT2D eigenvalue weighted by Gasteiger charge is -2.11. The van der Waals surface area contributed by atoms with Gasteiger partial charge in [-0.1, -0.05) is 29.8 Å². The van der Waals surface area contributed by atoms with Crippen LogP contribution in [0.3, 0.4) is 0 Å². The van der Waals surface area contributed by atoms with Gasteiger partial charge < -0.3 is 0 Å². The van der Waals surface area contributed by atoms with Gasteiger partial charge in [-0.15, -0.1) is 0 Å². The van der Waals surface area contributed by atoms with Gasteiger partial charge in [-0.2, -0.15) is 20.3 Å². The predicted molar refractivity (Wildman–Crippen MR) is 86.8 cm³/mol. The number of azo groups is 1. The van der Waals surface area contributed by atoms with Crippen LogP contribution in [0, 0.1) is 0 Å². The molecule has 2 aromatic carbocycles. The van der Waals surface area contributed by atoms with Crippen molar-refractivity contribution in [2.24, 2.45) is 15.3 Å². The van der Waals surface area contributed by atoms with Gasteiger partial charge in [0, 0.05) is 5.02 Å². The Labute approximate surface area is 132 Å². The molecule has 6 heteroatoms. The molecular formula is C16H13ClN4O. The highest BCUT2D eigenvalue weighted by molar-refractivity contribution is 6.30. The van der Waals surface area contributed by atoms with Crippen molar-refractivity contribution in [3.63, 3.8) is 0 Å². The van der Waals surface area contributed by atoms with E-state index in [2.05, 4.69) is 15.3 Å². The Hall–Kier alpha value is -2.53. The van der Waals surface area contributed by atoms with Gasteiger partial charge in [0.2, 0.25) is 0 Å². The Morgan fingerprint density at radius 1 is 1.09 bits per heavy atom. The third-order valence-electron chi connectivity index (χ3n) is 3.21. The molecule has 1 heterocycles. The van der Waals surface area contributed by atoms with E-state index in [9.17, 15) is 4.79 Å². The molecule has 0 aliphatic carbocycles. The maximum atomic E-state index is 12.4. The average molecular weight is 313 g/mol. The zero-order chi connectivity index (χ0) is 15.5. The van der Waals surface area contributed by atoms with Crippen LogP contribution in [0.5, 0.6) is 0 Å². The smallest absolute Gasteiger partial charge is 0.269 e. The highest BCUT2D eigenvalue weighted by Gasteiger charge is 2.34. The molecule has 1 amide bonds. The van der Waals surface area contributed by atoms with Crippen LogP contribution in [0.25, 0.3) is 0 Å². The number of para-hydroxylation sites is 1. The molecule has 2 aromatic rings. The van der Waals surface area contributed by atoms with E-state index in [0.29, 0.717) is 16.4 Å². The summed E-state index contributed by atoms with van der Waals surface area (Å²) >= 11 is 5.82. The lowest BCUT2D eigenvalue weighted by molar-refractivity contribution is -0.117. The summed E-state index contributed by atoms with van der Waals surface area (Å²) in [6.07, 6.45) is 0. The van der Waals surface area contributed by atoms with Crippen LogP contribution in [-0.2, 0) is 4.79 Å². The molecule has 0 radical (unpaired) electrons. The van der Waals surface area contributed by atoms with Crippen LogP contribution in [0.15, 0.2) is 69.9 Å². The Kier molecular flexibility index (Phi) is 3.98. The molecule has 3 rings (SSSR count). The molecule has 0 saturated heterocycles. The van der Waals surface area contributed by atoms with E-state index in [0.717, 1.165) is 5.69 Å². The first-order valence-electron chi connectivity index (χ1n) is 6.76. The first kappa shape index (κ1) is 14.4. The normalized spacial score (nSPS) is 18.1. The second-order valence-electron chi connectivity index (χ2n) is 4.82. The minimum atomic E-state index is -0.684. The molecule has 1 atom stereocenters. The van der Waals surface area contributed by atoms with Gasteiger partial charge in [-0.25, -0.2) is 0 Å². The summed E-state index contributed by atoms with van der Waals surface area (Å²) in [6.45, 7) is 1.77. The lowest BCUT2D eigenvalue weighted by Crippen LogP contribution is -2.29. The number of benzene rings is 2. The van der Waals surface area contributed by atoms with E-state index in [1.807, 2.05) is 30.3 Å².